The zero-order valence-electron chi connectivity index (χ0n) is 14.8. The highest BCUT2D eigenvalue weighted by Crippen LogP contribution is 2.48. The summed E-state index contributed by atoms with van der Waals surface area (Å²) in [5, 5.41) is 8.57. The summed E-state index contributed by atoms with van der Waals surface area (Å²) in [5.41, 5.74) is 2.85. The number of fused-ring (bicyclic) bond motifs is 1. The van der Waals surface area contributed by atoms with Crippen LogP contribution in [0.3, 0.4) is 0 Å². The molecule has 0 bridgehead atoms. The van der Waals surface area contributed by atoms with Gasteiger partial charge in [0.05, 0.1) is 12.8 Å². The number of allylic oxidation sites excluding steroid dienone is 1. The SMILES string of the molecule is C=C1N(CCP(=O)(O)OCCCCC(=O)O)c2ccccc2C1(C)C. The smallest absolute Gasteiger partial charge is 0.329 e. The molecule has 138 valence electrons. The van der Waals surface area contributed by atoms with E-state index >= 15 is 0 Å². The molecule has 0 saturated heterocycles. The number of carboxylic acids is 1. The van der Waals surface area contributed by atoms with E-state index in [0.29, 0.717) is 19.4 Å². The molecule has 0 aliphatic carbocycles. The Balaban J connectivity index is 1.91. The largest absolute Gasteiger partial charge is 0.481 e. The van der Waals surface area contributed by atoms with Crippen molar-refractivity contribution in [3.63, 3.8) is 0 Å². The number of rotatable bonds is 9. The predicted octanol–water partition coefficient (Wildman–Crippen LogP) is 3.75. The van der Waals surface area contributed by atoms with Crippen molar-refractivity contribution in [1.82, 2.24) is 0 Å². The molecule has 25 heavy (non-hydrogen) atoms. The van der Waals surface area contributed by atoms with Gasteiger partial charge < -0.3 is 19.4 Å². The third-order valence-electron chi connectivity index (χ3n) is 4.60. The highest BCUT2D eigenvalue weighted by Gasteiger charge is 2.39. The number of para-hydroxylation sites is 1. The normalized spacial score (nSPS) is 18.0. The van der Waals surface area contributed by atoms with Gasteiger partial charge in [-0.25, -0.2) is 0 Å². The van der Waals surface area contributed by atoms with E-state index < -0.39 is 13.6 Å². The first-order chi connectivity index (χ1) is 11.6. The lowest BCUT2D eigenvalue weighted by molar-refractivity contribution is -0.137. The maximum absolute atomic E-state index is 12.2. The average Bonchev–Trinajstić information content (AvgIpc) is 2.72. The van der Waals surface area contributed by atoms with Crippen LogP contribution in [-0.2, 0) is 19.3 Å². The summed E-state index contributed by atoms with van der Waals surface area (Å²) >= 11 is 0. The summed E-state index contributed by atoms with van der Waals surface area (Å²) in [7, 11) is -3.72. The van der Waals surface area contributed by atoms with Gasteiger partial charge in [-0.05, 0) is 24.5 Å². The summed E-state index contributed by atoms with van der Waals surface area (Å²) in [6.07, 6.45) is 0.914. The van der Waals surface area contributed by atoms with Crippen LogP contribution in [0.15, 0.2) is 36.5 Å². The maximum Gasteiger partial charge on any atom is 0.329 e. The van der Waals surface area contributed by atoms with Crippen LogP contribution in [0, 0.1) is 0 Å². The van der Waals surface area contributed by atoms with E-state index in [9.17, 15) is 14.3 Å². The Kier molecular flexibility index (Phi) is 6.09. The summed E-state index contributed by atoms with van der Waals surface area (Å²) < 4.78 is 17.3. The number of nitrogens with zero attached hydrogens (tertiary/aromatic N) is 1. The fraction of sp³-hybridized carbons (Fsp3) is 0.500. The van der Waals surface area contributed by atoms with Crippen molar-refractivity contribution in [1.29, 1.82) is 0 Å². The Bertz CT molecular complexity index is 700. The van der Waals surface area contributed by atoms with Gasteiger partial charge in [-0.1, -0.05) is 38.6 Å². The summed E-state index contributed by atoms with van der Waals surface area (Å²) in [4.78, 5) is 22.4. The Morgan fingerprint density at radius 2 is 2.00 bits per heavy atom. The van der Waals surface area contributed by atoms with Gasteiger partial charge in [0.25, 0.3) is 0 Å². The highest BCUT2D eigenvalue weighted by molar-refractivity contribution is 7.52. The summed E-state index contributed by atoms with van der Waals surface area (Å²) in [6, 6.07) is 7.97. The molecule has 1 aliphatic heterocycles. The molecule has 1 aromatic carbocycles. The number of hydrogen-bond acceptors (Lipinski definition) is 4. The molecule has 1 unspecified atom stereocenters. The first kappa shape index (κ1) is 19.7. The lowest BCUT2D eigenvalue weighted by atomic mass is 9.85. The van der Waals surface area contributed by atoms with Gasteiger partial charge in [-0.15, -0.1) is 0 Å². The van der Waals surface area contributed by atoms with Crippen LogP contribution < -0.4 is 4.90 Å². The molecule has 0 fully saturated rings. The first-order valence-corrected chi connectivity index (χ1v) is 10.2. The standard InChI is InChI=1S/C18H26NO5P/c1-14-18(2,3)15-8-4-5-9-16(15)19(14)11-13-25(22,23)24-12-7-6-10-17(20)21/h4-5,8-9H,1,6-7,10-13H2,2-3H3,(H,20,21)(H,22,23). The quantitative estimate of drug-likeness (QED) is 0.510. The highest BCUT2D eigenvalue weighted by atomic mass is 31.2. The molecule has 7 heteroatoms. The second-order valence-electron chi connectivity index (χ2n) is 6.79. The van der Waals surface area contributed by atoms with Crippen molar-refractivity contribution in [2.24, 2.45) is 0 Å². The van der Waals surface area contributed by atoms with E-state index in [1.54, 1.807) is 0 Å². The number of carbonyl (C=O) groups is 1. The topological polar surface area (TPSA) is 87.1 Å². The minimum Gasteiger partial charge on any atom is -0.481 e. The predicted molar refractivity (Wildman–Crippen MR) is 98.1 cm³/mol. The molecule has 1 atom stereocenters. The molecule has 1 heterocycles. The van der Waals surface area contributed by atoms with E-state index in [0.717, 1.165) is 16.9 Å². The number of aliphatic carboxylic acids is 1. The minimum absolute atomic E-state index is 0.00460. The summed E-state index contributed by atoms with van der Waals surface area (Å²) in [5.74, 6) is -0.874. The molecule has 2 N–H and O–H groups in total. The number of benzene rings is 1. The molecule has 1 aromatic rings. The lowest BCUT2D eigenvalue weighted by Gasteiger charge is -2.26. The van der Waals surface area contributed by atoms with Gasteiger partial charge >= 0.3 is 13.6 Å². The molecule has 6 nitrogen and oxygen atoms in total. The Morgan fingerprint density at radius 3 is 2.68 bits per heavy atom. The third kappa shape index (κ3) is 4.72. The lowest BCUT2D eigenvalue weighted by Crippen LogP contribution is -2.27. The molecule has 2 rings (SSSR count). The number of hydrogen-bond donors (Lipinski definition) is 2. The van der Waals surface area contributed by atoms with Crippen LogP contribution >= 0.6 is 7.60 Å². The average molecular weight is 367 g/mol. The molecular weight excluding hydrogens is 341 g/mol. The van der Waals surface area contributed by atoms with Gasteiger partial charge in [-0.3, -0.25) is 9.36 Å². The monoisotopic (exact) mass is 367 g/mol. The van der Waals surface area contributed by atoms with Crippen LogP contribution in [0.4, 0.5) is 5.69 Å². The molecular formula is C18H26NO5P. The second kappa shape index (κ2) is 7.73. The maximum atomic E-state index is 12.2. The van der Waals surface area contributed by atoms with Crippen molar-refractivity contribution >= 4 is 19.3 Å². The fourth-order valence-electron chi connectivity index (χ4n) is 3.01. The molecule has 0 saturated carbocycles. The van der Waals surface area contributed by atoms with Crippen molar-refractivity contribution in [3.05, 3.63) is 42.1 Å². The van der Waals surface area contributed by atoms with Crippen molar-refractivity contribution in [3.8, 4) is 0 Å². The van der Waals surface area contributed by atoms with Crippen molar-refractivity contribution in [2.75, 3.05) is 24.2 Å². The number of unbranched alkanes of at least 4 members (excludes halogenated alkanes) is 1. The fourth-order valence-corrected chi connectivity index (χ4v) is 4.00. The van der Waals surface area contributed by atoms with Crippen LogP contribution in [0.2, 0.25) is 0 Å². The zero-order chi connectivity index (χ0) is 18.7. The van der Waals surface area contributed by atoms with Crippen molar-refractivity contribution in [2.45, 2.75) is 38.5 Å². The van der Waals surface area contributed by atoms with Crippen LogP contribution in [-0.4, -0.2) is 35.3 Å². The van der Waals surface area contributed by atoms with Crippen molar-refractivity contribution < 1.29 is 23.9 Å². The van der Waals surface area contributed by atoms with Crippen LogP contribution in [0.1, 0.15) is 38.7 Å². The summed E-state index contributed by atoms with van der Waals surface area (Å²) in [6.45, 7) is 8.78. The third-order valence-corrected chi connectivity index (χ3v) is 5.95. The van der Waals surface area contributed by atoms with Gasteiger partial charge in [0, 0.05) is 29.8 Å². The van der Waals surface area contributed by atoms with Gasteiger partial charge in [0.2, 0.25) is 0 Å². The minimum atomic E-state index is -3.72. The van der Waals surface area contributed by atoms with Gasteiger partial charge in [-0.2, -0.15) is 0 Å². The van der Waals surface area contributed by atoms with Crippen LogP contribution in [0.25, 0.3) is 0 Å². The Hall–Kier alpha value is -1.62. The first-order valence-electron chi connectivity index (χ1n) is 8.40. The Labute approximate surface area is 148 Å². The van der Waals surface area contributed by atoms with E-state index in [1.807, 2.05) is 23.1 Å². The molecule has 0 aromatic heterocycles. The van der Waals surface area contributed by atoms with Gasteiger partial charge in [0.1, 0.15) is 0 Å². The van der Waals surface area contributed by atoms with Gasteiger partial charge in [0.15, 0.2) is 0 Å². The van der Waals surface area contributed by atoms with E-state index in [1.165, 1.54) is 0 Å². The number of carboxylic acid groups (broad SMARTS) is 1. The molecule has 0 amide bonds. The molecule has 0 radical (unpaired) electrons. The van der Waals surface area contributed by atoms with E-state index in [-0.39, 0.29) is 24.6 Å². The Morgan fingerprint density at radius 1 is 1.32 bits per heavy atom. The molecule has 1 aliphatic rings. The van der Waals surface area contributed by atoms with E-state index in [2.05, 4.69) is 26.5 Å². The number of anilines is 1. The second-order valence-corrected chi connectivity index (χ2v) is 8.77. The zero-order valence-corrected chi connectivity index (χ0v) is 15.7. The molecule has 0 spiro atoms. The van der Waals surface area contributed by atoms with Crippen LogP contribution in [0.5, 0.6) is 0 Å². The van der Waals surface area contributed by atoms with E-state index in [4.69, 9.17) is 9.63 Å².